The number of nitrogens with zero attached hydrogens (tertiary/aromatic N) is 6. The van der Waals surface area contributed by atoms with Gasteiger partial charge < -0.3 is 14.5 Å². The van der Waals surface area contributed by atoms with Gasteiger partial charge in [-0.05, 0) is 43.9 Å². The first kappa shape index (κ1) is 21.3. The third-order valence-electron chi connectivity index (χ3n) is 6.06. The number of ether oxygens (including phenoxy) is 1. The van der Waals surface area contributed by atoms with Crippen LogP contribution in [0.1, 0.15) is 25.3 Å². The molecule has 0 unspecified atom stereocenters. The van der Waals surface area contributed by atoms with Crippen LogP contribution < -0.4 is 9.80 Å². The standard InChI is InChI=1S/C22H31ClN6O/c1-16-13-29(20(14-30-16)12-17-4-6-18(23)7-5-17)19-8-10-28(11-9-19)22-25-15-24-21(26-22)27(2)3/h4-7,15-16,19-20H,8-14H2,1-3H3/t16-,20-/m0/s1. The molecular weight excluding hydrogens is 400 g/mol. The number of hydrogen-bond donors (Lipinski definition) is 0. The van der Waals surface area contributed by atoms with Crippen LogP contribution in [0.5, 0.6) is 0 Å². The maximum Gasteiger partial charge on any atom is 0.230 e. The number of hydrogen-bond acceptors (Lipinski definition) is 7. The van der Waals surface area contributed by atoms with Gasteiger partial charge in [-0.1, -0.05) is 23.7 Å². The lowest BCUT2D eigenvalue weighted by atomic mass is 9.96. The van der Waals surface area contributed by atoms with E-state index in [-0.39, 0.29) is 6.10 Å². The van der Waals surface area contributed by atoms with E-state index in [1.54, 1.807) is 6.33 Å². The van der Waals surface area contributed by atoms with Crippen molar-refractivity contribution in [2.75, 3.05) is 50.1 Å². The third kappa shape index (κ3) is 5.02. The van der Waals surface area contributed by atoms with Crippen LogP contribution in [0.25, 0.3) is 0 Å². The summed E-state index contributed by atoms with van der Waals surface area (Å²) in [6.45, 7) is 5.86. The van der Waals surface area contributed by atoms with Crippen LogP contribution in [0, 0.1) is 0 Å². The Bertz CT molecular complexity index is 825. The van der Waals surface area contributed by atoms with E-state index in [2.05, 4.69) is 43.8 Å². The number of piperidine rings is 1. The highest BCUT2D eigenvalue weighted by Crippen LogP contribution is 2.26. The average Bonchev–Trinajstić information content (AvgIpc) is 2.77. The molecule has 162 valence electrons. The molecule has 2 saturated heterocycles. The molecule has 3 heterocycles. The topological polar surface area (TPSA) is 57.6 Å². The smallest absolute Gasteiger partial charge is 0.230 e. The van der Waals surface area contributed by atoms with Crippen LogP contribution >= 0.6 is 11.6 Å². The van der Waals surface area contributed by atoms with E-state index in [0.29, 0.717) is 18.0 Å². The molecule has 0 amide bonds. The fourth-order valence-corrected chi connectivity index (χ4v) is 4.56. The van der Waals surface area contributed by atoms with Crippen molar-refractivity contribution in [1.82, 2.24) is 19.9 Å². The van der Waals surface area contributed by atoms with E-state index in [9.17, 15) is 0 Å². The van der Waals surface area contributed by atoms with E-state index in [4.69, 9.17) is 16.3 Å². The second-order valence-corrected chi connectivity index (χ2v) is 8.96. The first-order valence-corrected chi connectivity index (χ1v) is 11.1. The Hall–Kier alpha value is -1.96. The number of halogens is 1. The molecule has 0 saturated carbocycles. The first-order valence-electron chi connectivity index (χ1n) is 10.7. The quantitative estimate of drug-likeness (QED) is 0.722. The minimum absolute atomic E-state index is 0.274. The second-order valence-electron chi connectivity index (χ2n) is 8.52. The lowest BCUT2D eigenvalue weighted by Gasteiger charge is -2.46. The Morgan fingerprint density at radius 1 is 1.13 bits per heavy atom. The lowest BCUT2D eigenvalue weighted by Crippen LogP contribution is -2.56. The summed E-state index contributed by atoms with van der Waals surface area (Å²) in [5.74, 6) is 1.48. The second kappa shape index (κ2) is 9.45. The van der Waals surface area contributed by atoms with E-state index < -0.39 is 0 Å². The molecule has 1 aromatic carbocycles. The summed E-state index contributed by atoms with van der Waals surface area (Å²) in [6, 6.07) is 9.16. The minimum Gasteiger partial charge on any atom is -0.376 e. The molecule has 2 aliphatic heterocycles. The molecule has 2 fully saturated rings. The highest BCUT2D eigenvalue weighted by Gasteiger charge is 2.34. The van der Waals surface area contributed by atoms with Gasteiger partial charge in [0.1, 0.15) is 6.33 Å². The van der Waals surface area contributed by atoms with Gasteiger partial charge >= 0.3 is 0 Å². The van der Waals surface area contributed by atoms with Crippen molar-refractivity contribution in [3.05, 3.63) is 41.2 Å². The Kier molecular flexibility index (Phi) is 6.71. The minimum atomic E-state index is 0.274. The summed E-state index contributed by atoms with van der Waals surface area (Å²) in [6.07, 6.45) is 5.08. The van der Waals surface area contributed by atoms with Gasteiger partial charge in [-0.2, -0.15) is 4.98 Å². The molecule has 2 aromatic rings. The largest absolute Gasteiger partial charge is 0.376 e. The van der Waals surface area contributed by atoms with Gasteiger partial charge in [0.25, 0.3) is 0 Å². The van der Waals surface area contributed by atoms with Crippen LogP contribution in [0.4, 0.5) is 11.9 Å². The third-order valence-corrected chi connectivity index (χ3v) is 6.31. The van der Waals surface area contributed by atoms with E-state index in [1.807, 2.05) is 31.1 Å². The molecule has 0 radical (unpaired) electrons. The molecule has 2 aliphatic rings. The predicted octanol–water partition coefficient (Wildman–Crippen LogP) is 2.89. The molecule has 0 bridgehead atoms. The van der Waals surface area contributed by atoms with Crippen molar-refractivity contribution < 1.29 is 4.74 Å². The van der Waals surface area contributed by atoms with Crippen molar-refractivity contribution in [2.24, 2.45) is 0 Å². The predicted molar refractivity (Wildman–Crippen MR) is 120 cm³/mol. The van der Waals surface area contributed by atoms with Gasteiger partial charge in [-0.25, -0.2) is 9.97 Å². The Balaban J connectivity index is 1.41. The van der Waals surface area contributed by atoms with Crippen molar-refractivity contribution in [1.29, 1.82) is 0 Å². The zero-order chi connectivity index (χ0) is 21.1. The monoisotopic (exact) mass is 430 g/mol. The summed E-state index contributed by atoms with van der Waals surface area (Å²) in [5.41, 5.74) is 1.31. The number of rotatable bonds is 5. The van der Waals surface area contributed by atoms with Crippen LogP contribution in [-0.2, 0) is 11.2 Å². The van der Waals surface area contributed by atoms with E-state index in [0.717, 1.165) is 56.5 Å². The highest BCUT2D eigenvalue weighted by atomic mass is 35.5. The molecule has 0 aliphatic carbocycles. The zero-order valence-corrected chi connectivity index (χ0v) is 18.8. The summed E-state index contributed by atoms with van der Waals surface area (Å²) >= 11 is 6.06. The normalized spacial score (nSPS) is 23.5. The number of benzene rings is 1. The van der Waals surface area contributed by atoms with Gasteiger partial charge in [0.15, 0.2) is 0 Å². The average molecular weight is 431 g/mol. The van der Waals surface area contributed by atoms with Crippen LogP contribution in [0.15, 0.2) is 30.6 Å². The molecule has 30 heavy (non-hydrogen) atoms. The molecule has 2 atom stereocenters. The fraction of sp³-hybridized carbons (Fsp3) is 0.591. The molecule has 0 N–H and O–H groups in total. The van der Waals surface area contributed by atoms with Crippen molar-refractivity contribution in [2.45, 2.75) is 44.4 Å². The summed E-state index contributed by atoms with van der Waals surface area (Å²) in [4.78, 5) is 20.1. The van der Waals surface area contributed by atoms with Crippen molar-refractivity contribution in [3.63, 3.8) is 0 Å². The van der Waals surface area contributed by atoms with Crippen LogP contribution in [0.2, 0.25) is 5.02 Å². The van der Waals surface area contributed by atoms with Gasteiger partial charge in [-0.15, -0.1) is 0 Å². The zero-order valence-electron chi connectivity index (χ0n) is 18.0. The Labute approximate surface area is 184 Å². The maximum atomic E-state index is 6.06. The summed E-state index contributed by atoms with van der Waals surface area (Å²) < 4.78 is 6.02. The molecule has 1 aromatic heterocycles. The van der Waals surface area contributed by atoms with Gasteiger partial charge in [0.05, 0.1) is 12.7 Å². The maximum absolute atomic E-state index is 6.06. The van der Waals surface area contributed by atoms with Crippen LogP contribution in [0.3, 0.4) is 0 Å². The number of morpholine rings is 1. The number of anilines is 2. The van der Waals surface area contributed by atoms with Gasteiger partial charge in [0.2, 0.25) is 11.9 Å². The molecular formula is C22H31ClN6O. The number of aromatic nitrogens is 3. The first-order chi connectivity index (χ1) is 14.5. The van der Waals surface area contributed by atoms with Gasteiger partial charge in [-0.3, -0.25) is 4.90 Å². The van der Waals surface area contributed by atoms with Crippen LogP contribution in [-0.4, -0.2) is 78.4 Å². The molecule has 0 spiro atoms. The Morgan fingerprint density at radius 3 is 2.57 bits per heavy atom. The highest BCUT2D eigenvalue weighted by molar-refractivity contribution is 6.30. The van der Waals surface area contributed by atoms with Crippen molar-refractivity contribution in [3.8, 4) is 0 Å². The lowest BCUT2D eigenvalue weighted by molar-refractivity contribution is -0.0745. The summed E-state index contributed by atoms with van der Waals surface area (Å²) in [7, 11) is 3.90. The van der Waals surface area contributed by atoms with E-state index in [1.165, 1.54) is 5.56 Å². The summed E-state index contributed by atoms with van der Waals surface area (Å²) in [5, 5.41) is 0.784. The fourth-order valence-electron chi connectivity index (χ4n) is 4.43. The molecule has 4 rings (SSSR count). The molecule has 7 nitrogen and oxygen atoms in total. The SMILES string of the molecule is C[C@H]1CN(C2CCN(c3ncnc(N(C)C)n3)CC2)[C@@H](Cc2ccc(Cl)cc2)CO1. The van der Waals surface area contributed by atoms with E-state index >= 15 is 0 Å². The molecule has 8 heteroatoms. The Morgan fingerprint density at radius 2 is 1.87 bits per heavy atom. The van der Waals surface area contributed by atoms with Gasteiger partial charge in [0, 0.05) is 50.8 Å². The van der Waals surface area contributed by atoms with Crippen molar-refractivity contribution >= 4 is 23.5 Å².